The fourth-order valence-electron chi connectivity index (χ4n) is 1.69. The maximum absolute atomic E-state index is 11.8. The molecule has 0 spiro atoms. The van der Waals surface area contributed by atoms with E-state index >= 15 is 0 Å². The number of rotatable bonds is 6. The van der Waals surface area contributed by atoms with Gasteiger partial charge in [-0.1, -0.05) is 0 Å². The van der Waals surface area contributed by atoms with Gasteiger partial charge in [0.1, 0.15) is 0 Å². The Kier molecular flexibility index (Phi) is 5.34. The quantitative estimate of drug-likeness (QED) is 0.628. The molecular weight excluding hydrogens is 280 g/mol. The van der Waals surface area contributed by atoms with Gasteiger partial charge in [0, 0.05) is 13.6 Å². The van der Waals surface area contributed by atoms with Crippen LogP contribution in [-0.2, 0) is 14.8 Å². The highest BCUT2D eigenvalue weighted by Crippen LogP contribution is 2.25. The minimum Gasteiger partial charge on any atom is -0.397 e. The Morgan fingerprint density at radius 3 is 2.60 bits per heavy atom. The number of nitrogens with zero attached hydrogens (tertiary/aromatic N) is 1. The summed E-state index contributed by atoms with van der Waals surface area (Å²) in [5.41, 5.74) is 6.74. The Morgan fingerprint density at radius 2 is 2.05 bits per heavy atom. The lowest BCUT2D eigenvalue weighted by atomic mass is 10.2. The highest BCUT2D eigenvalue weighted by atomic mass is 32.2. The number of likely N-dealkylation sites (N-methyl/N-ethyl adjacent to an activating group) is 2. The molecule has 0 radical (unpaired) electrons. The van der Waals surface area contributed by atoms with Crippen LogP contribution in [0.3, 0.4) is 0 Å². The highest BCUT2D eigenvalue weighted by Gasteiger charge is 2.16. The van der Waals surface area contributed by atoms with E-state index in [2.05, 4.69) is 10.0 Å². The third kappa shape index (κ3) is 3.84. The largest absolute Gasteiger partial charge is 0.397 e. The number of amides is 1. The zero-order chi connectivity index (χ0) is 15.3. The van der Waals surface area contributed by atoms with E-state index in [-0.39, 0.29) is 17.3 Å². The normalized spacial score (nSPS) is 11.2. The van der Waals surface area contributed by atoms with Gasteiger partial charge in [-0.25, -0.2) is 13.1 Å². The van der Waals surface area contributed by atoms with Gasteiger partial charge in [0.05, 0.1) is 22.8 Å². The van der Waals surface area contributed by atoms with Crippen LogP contribution in [0.1, 0.15) is 6.92 Å². The Morgan fingerprint density at radius 1 is 1.40 bits per heavy atom. The third-order valence-corrected chi connectivity index (χ3v) is 4.16. The van der Waals surface area contributed by atoms with E-state index < -0.39 is 10.0 Å². The van der Waals surface area contributed by atoms with Crippen molar-refractivity contribution in [3.05, 3.63) is 18.2 Å². The number of nitrogens with one attached hydrogen (secondary N) is 2. The molecule has 1 amide bonds. The predicted octanol–water partition coefficient (Wildman–Crippen LogP) is -0.251. The lowest BCUT2D eigenvalue weighted by molar-refractivity contribution is -0.119. The van der Waals surface area contributed by atoms with Crippen LogP contribution in [0.15, 0.2) is 23.1 Å². The van der Waals surface area contributed by atoms with Crippen LogP contribution in [0.4, 0.5) is 11.4 Å². The van der Waals surface area contributed by atoms with E-state index in [1.165, 1.54) is 25.2 Å². The second-order valence-electron chi connectivity index (χ2n) is 4.24. The molecule has 112 valence electrons. The van der Waals surface area contributed by atoms with Gasteiger partial charge in [-0.3, -0.25) is 4.79 Å². The van der Waals surface area contributed by atoms with Crippen molar-refractivity contribution < 1.29 is 13.2 Å². The number of anilines is 2. The standard InChI is InChI=1S/C12H20N4O3S/c1-4-15-12(17)8-16(3)11-7-9(5-6-10(11)13)20(18,19)14-2/h5-7,14H,4,8,13H2,1-3H3,(H,15,17). The summed E-state index contributed by atoms with van der Waals surface area (Å²) >= 11 is 0. The number of carbonyl (C=O) groups is 1. The Balaban J connectivity index is 3.06. The van der Waals surface area contributed by atoms with Crippen LogP contribution in [0.25, 0.3) is 0 Å². The fourth-order valence-corrected chi connectivity index (χ4v) is 2.44. The summed E-state index contributed by atoms with van der Waals surface area (Å²) in [7, 11) is -0.528. The summed E-state index contributed by atoms with van der Waals surface area (Å²) in [6.45, 7) is 2.46. The maximum Gasteiger partial charge on any atom is 0.240 e. The monoisotopic (exact) mass is 300 g/mol. The number of carbonyl (C=O) groups excluding carboxylic acids is 1. The molecule has 8 heteroatoms. The maximum atomic E-state index is 11.8. The second-order valence-corrected chi connectivity index (χ2v) is 6.12. The van der Waals surface area contributed by atoms with E-state index in [9.17, 15) is 13.2 Å². The SMILES string of the molecule is CCNC(=O)CN(C)c1cc(S(=O)(=O)NC)ccc1N. The summed E-state index contributed by atoms with van der Waals surface area (Å²) in [5.74, 6) is -0.156. The average Bonchev–Trinajstić information content (AvgIpc) is 2.39. The molecule has 0 unspecified atom stereocenters. The van der Waals surface area contributed by atoms with Gasteiger partial charge in [0.15, 0.2) is 0 Å². The molecule has 0 aliphatic heterocycles. The number of benzene rings is 1. The van der Waals surface area contributed by atoms with Crippen molar-refractivity contribution in [3.8, 4) is 0 Å². The summed E-state index contributed by atoms with van der Waals surface area (Å²) in [6.07, 6.45) is 0. The van der Waals surface area contributed by atoms with Crippen molar-refractivity contribution in [2.24, 2.45) is 0 Å². The molecule has 1 aromatic rings. The van der Waals surface area contributed by atoms with Crippen molar-refractivity contribution in [1.29, 1.82) is 0 Å². The van der Waals surface area contributed by atoms with Crippen molar-refractivity contribution in [3.63, 3.8) is 0 Å². The Labute approximate surface area is 119 Å². The van der Waals surface area contributed by atoms with Gasteiger partial charge < -0.3 is 16.0 Å². The first-order valence-electron chi connectivity index (χ1n) is 6.12. The predicted molar refractivity (Wildman–Crippen MR) is 79.1 cm³/mol. The first-order valence-corrected chi connectivity index (χ1v) is 7.61. The third-order valence-electron chi connectivity index (χ3n) is 2.75. The molecular formula is C12H20N4O3S. The van der Waals surface area contributed by atoms with Crippen molar-refractivity contribution in [2.45, 2.75) is 11.8 Å². The number of sulfonamides is 1. The zero-order valence-corrected chi connectivity index (χ0v) is 12.6. The Hall–Kier alpha value is -1.80. The van der Waals surface area contributed by atoms with Crippen molar-refractivity contribution in [1.82, 2.24) is 10.0 Å². The summed E-state index contributed by atoms with van der Waals surface area (Å²) in [5, 5.41) is 2.67. The zero-order valence-electron chi connectivity index (χ0n) is 11.8. The fraction of sp³-hybridized carbons (Fsp3) is 0.417. The summed E-state index contributed by atoms with van der Waals surface area (Å²) in [6, 6.07) is 4.37. The summed E-state index contributed by atoms with van der Waals surface area (Å²) in [4.78, 5) is 13.3. The molecule has 0 atom stereocenters. The molecule has 20 heavy (non-hydrogen) atoms. The topological polar surface area (TPSA) is 105 Å². The average molecular weight is 300 g/mol. The van der Waals surface area contributed by atoms with Gasteiger partial charge in [0.25, 0.3) is 0 Å². The molecule has 0 fully saturated rings. The molecule has 0 heterocycles. The second kappa shape index (κ2) is 6.58. The van der Waals surface area contributed by atoms with E-state index in [1.54, 1.807) is 11.9 Å². The van der Waals surface area contributed by atoms with Gasteiger partial charge >= 0.3 is 0 Å². The molecule has 0 bridgehead atoms. The summed E-state index contributed by atoms with van der Waals surface area (Å²) < 4.78 is 25.8. The van der Waals surface area contributed by atoms with Crippen LogP contribution in [0.2, 0.25) is 0 Å². The van der Waals surface area contributed by atoms with Crippen LogP contribution in [0.5, 0.6) is 0 Å². The van der Waals surface area contributed by atoms with E-state index in [0.29, 0.717) is 17.9 Å². The van der Waals surface area contributed by atoms with Crippen molar-refractivity contribution >= 4 is 27.3 Å². The number of hydrogen-bond acceptors (Lipinski definition) is 5. The first-order chi connectivity index (χ1) is 9.31. The molecule has 4 N–H and O–H groups in total. The number of nitrogen functional groups attached to an aromatic ring is 1. The van der Waals surface area contributed by atoms with Crippen LogP contribution in [-0.4, -0.2) is 41.5 Å². The van der Waals surface area contributed by atoms with Crippen LogP contribution in [0, 0.1) is 0 Å². The van der Waals surface area contributed by atoms with Gasteiger partial charge in [-0.05, 0) is 32.2 Å². The molecule has 1 aromatic carbocycles. The molecule has 0 saturated carbocycles. The van der Waals surface area contributed by atoms with Crippen molar-refractivity contribution in [2.75, 3.05) is 37.8 Å². The number of hydrogen-bond donors (Lipinski definition) is 3. The van der Waals surface area contributed by atoms with E-state index in [1.807, 2.05) is 6.92 Å². The molecule has 0 saturated heterocycles. The van der Waals surface area contributed by atoms with E-state index in [0.717, 1.165) is 0 Å². The van der Waals surface area contributed by atoms with Crippen LogP contribution < -0.4 is 20.7 Å². The molecule has 7 nitrogen and oxygen atoms in total. The lowest BCUT2D eigenvalue weighted by Gasteiger charge is -2.21. The Bertz CT molecular complexity index is 586. The minimum atomic E-state index is -3.54. The first kappa shape index (κ1) is 16.3. The van der Waals surface area contributed by atoms with Crippen LogP contribution >= 0.6 is 0 Å². The van der Waals surface area contributed by atoms with Gasteiger partial charge in [0.2, 0.25) is 15.9 Å². The smallest absolute Gasteiger partial charge is 0.240 e. The molecule has 0 aliphatic rings. The molecule has 0 aliphatic carbocycles. The highest BCUT2D eigenvalue weighted by molar-refractivity contribution is 7.89. The molecule has 0 aromatic heterocycles. The number of nitrogens with two attached hydrogens (primary N) is 1. The minimum absolute atomic E-state index is 0.0983. The molecule has 1 rings (SSSR count). The lowest BCUT2D eigenvalue weighted by Crippen LogP contribution is -2.35. The van der Waals surface area contributed by atoms with Gasteiger partial charge in [-0.15, -0.1) is 0 Å². The van der Waals surface area contributed by atoms with Gasteiger partial charge in [-0.2, -0.15) is 0 Å². The van der Waals surface area contributed by atoms with E-state index in [4.69, 9.17) is 5.73 Å².